The molecular formula is C24H29N3O2. The van der Waals surface area contributed by atoms with Crippen molar-refractivity contribution in [2.24, 2.45) is 5.92 Å². The average Bonchev–Trinajstić information content (AvgIpc) is 3.10. The van der Waals surface area contributed by atoms with Gasteiger partial charge >= 0.3 is 5.97 Å². The van der Waals surface area contributed by atoms with Crippen molar-refractivity contribution in [3.8, 4) is 11.1 Å². The van der Waals surface area contributed by atoms with Crippen LogP contribution >= 0.6 is 0 Å². The number of aryl methyl sites for hydroxylation is 1. The molecule has 0 aliphatic heterocycles. The average molecular weight is 392 g/mol. The first-order valence-electron chi connectivity index (χ1n) is 10.2. The molecule has 0 atom stereocenters. The lowest BCUT2D eigenvalue weighted by atomic mass is 9.98. The Labute approximate surface area is 172 Å². The van der Waals surface area contributed by atoms with E-state index in [0.29, 0.717) is 23.8 Å². The zero-order chi connectivity index (χ0) is 21.0. The van der Waals surface area contributed by atoms with Crippen molar-refractivity contribution in [2.45, 2.75) is 53.0 Å². The maximum atomic E-state index is 11.5. The minimum atomic E-state index is -0.913. The largest absolute Gasteiger partial charge is 0.478 e. The predicted molar refractivity (Wildman–Crippen MR) is 115 cm³/mol. The highest BCUT2D eigenvalue weighted by atomic mass is 16.4. The summed E-state index contributed by atoms with van der Waals surface area (Å²) >= 11 is 0. The molecule has 1 heterocycles. The van der Waals surface area contributed by atoms with Gasteiger partial charge in [0.2, 0.25) is 0 Å². The molecule has 5 nitrogen and oxygen atoms in total. The quantitative estimate of drug-likeness (QED) is 0.558. The molecule has 0 bridgehead atoms. The van der Waals surface area contributed by atoms with Gasteiger partial charge in [-0.3, -0.25) is 0 Å². The van der Waals surface area contributed by atoms with Crippen molar-refractivity contribution < 1.29 is 9.90 Å². The van der Waals surface area contributed by atoms with Gasteiger partial charge < -0.3 is 5.11 Å². The van der Waals surface area contributed by atoms with E-state index in [2.05, 4.69) is 27.7 Å². The van der Waals surface area contributed by atoms with Crippen LogP contribution in [0.5, 0.6) is 0 Å². The highest BCUT2D eigenvalue weighted by Crippen LogP contribution is 2.25. The molecule has 0 amide bonds. The number of rotatable bonds is 8. The molecular weight excluding hydrogens is 362 g/mol. The summed E-state index contributed by atoms with van der Waals surface area (Å²) in [5, 5.41) is 14.1. The molecule has 1 aromatic heterocycles. The number of hydrogen-bond acceptors (Lipinski definition) is 3. The summed E-state index contributed by atoms with van der Waals surface area (Å²) in [6, 6.07) is 15.1. The number of nitrogens with zero attached hydrogens (tertiary/aromatic N) is 3. The molecule has 29 heavy (non-hydrogen) atoms. The Balaban J connectivity index is 1.84. The topological polar surface area (TPSA) is 68.0 Å². The third kappa shape index (κ3) is 5.11. The van der Waals surface area contributed by atoms with Gasteiger partial charge in [0.05, 0.1) is 5.56 Å². The molecule has 2 aromatic carbocycles. The van der Waals surface area contributed by atoms with Crippen molar-refractivity contribution >= 4 is 5.97 Å². The van der Waals surface area contributed by atoms with Gasteiger partial charge in [-0.25, -0.2) is 14.5 Å². The maximum absolute atomic E-state index is 11.5. The fraction of sp³-hybridized carbons (Fsp3) is 0.375. The summed E-state index contributed by atoms with van der Waals surface area (Å²) in [6.07, 6.45) is 1.78. The van der Waals surface area contributed by atoms with E-state index in [1.807, 2.05) is 41.1 Å². The number of benzene rings is 2. The summed E-state index contributed by atoms with van der Waals surface area (Å²) in [6.45, 7) is 9.53. The van der Waals surface area contributed by atoms with E-state index >= 15 is 0 Å². The lowest BCUT2D eigenvalue weighted by Crippen LogP contribution is -2.08. The summed E-state index contributed by atoms with van der Waals surface area (Å²) < 4.78 is 2.04. The van der Waals surface area contributed by atoms with Gasteiger partial charge in [-0.2, -0.15) is 5.10 Å². The molecule has 0 spiro atoms. The SMILES string of the molecule is CC(C)CCn1nc(C(C)C)nc1Cc1ccc(-c2ccccc2C(=O)O)cc1. The summed E-state index contributed by atoms with van der Waals surface area (Å²) in [5.74, 6) is 1.86. The summed E-state index contributed by atoms with van der Waals surface area (Å²) in [7, 11) is 0. The first-order chi connectivity index (χ1) is 13.8. The first-order valence-corrected chi connectivity index (χ1v) is 10.2. The van der Waals surface area contributed by atoms with E-state index in [-0.39, 0.29) is 0 Å². The van der Waals surface area contributed by atoms with Crippen LogP contribution in [0.4, 0.5) is 0 Å². The molecule has 0 saturated carbocycles. The Morgan fingerprint density at radius 2 is 1.72 bits per heavy atom. The molecule has 0 unspecified atom stereocenters. The molecule has 3 rings (SSSR count). The van der Waals surface area contributed by atoms with Gasteiger partial charge in [-0.05, 0) is 35.1 Å². The Kier molecular flexibility index (Phi) is 6.47. The zero-order valence-electron chi connectivity index (χ0n) is 17.6. The molecule has 0 fully saturated rings. The van der Waals surface area contributed by atoms with Gasteiger partial charge in [0, 0.05) is 18.9 Å². The van der Waals surface area contributed by atoms with Crippen LogP contribution in [0.25, 0.3) is 11.1 Å². The standard InChI is InChI=1S/C24H29N3O2/c1-16(2)13-14-27-22(25-23(26-27)17(3)4)15-18-9-11-19(12-10-18)20-7-5-6-8-21(20)24(28)29/h5-12,16-17H,13-15H2,1-4H3,(H,28,29). The van der Waals surface area contributed by atoms with Crippen molar-refractivity contribution in [1.29, 1.82) is 0 Å². The minimum absolute atomic E-state index is 0.295. The Morgan fingerprint density at radius 1 is 1.03 bits per heavy atom. The summed E-state index contributed by atoms with van der Waals surface area (Å²) in [5.41, 5.74) is 3.08. The second-order valence-electron chi connectivity index (χ2n) is 8.17. The lowest BCUT2D eigenvalue weighted by molar-refractivity contribution is 0.0697. The van der Waals surface area contributed by atoms with Crippen LogP contribution in [-0.4, -0.2) is 25.8 Å². The summed E-state index contributed by atoms with van der Waals surface area (Å²) in [4.78, 5) is 16.3. The number of hydrogen-bond donors (Lipinski definition) is 1. The Morgan fingerprint density at radius 3 is 2.34 bits per heavy atom. The molecule has 5 heteroatoms. The third-order valence-corrected chi connectivity index (χ3v) is 4.98. The number of carbonyl (C=O) groups is 1. The van der Waals surface area contributed by atoms with Gasteiger partial charge in [0.1, 0.15) is 5.82 Å². The van der Waals surface area contributed by atoms with Crippen molar-refractivity contribution in [1.82, 2.24) is 14.8 Å². The highest BCUT2D eigenvalue weighted by Gasteiger charge is 2.14. The maximum Gasteiger partial charge on any atom is 0.336 e. The van der Waals surface area contributed by atoms with E-state index in [4.69, 9.17) is 10.1 Å². The van der Waals surface area contributed by atoms with Crippen LogP contribution in [0, 0.1) is 5.92 Å². The predicted octanol–water partition coefficient (Wildman–Crippen LogP) is 5.40. The second kappa shape index (κ2) is 9.03. The monoisotopic (exact) mass is 391 g/mol. The molecule has 0 aliphatic rings. The van der Waals surface area contributed by atoms with E-state index in [0.717, 1.165) is 41.3 Å². The lowest BCUT2D eigenvalue weighted by Gasteiger charge is -2.09. The van der Waals surface area contributed by atoms with Crippen molar-refractivity contribution in [2.75, 3.05) is 0 Å². The van der Waals surface area contributed by atoms with Crippen LogP contribution in [0.3, 0.4) is 0 Å². The Hall–Kier alpha value is -2.95. The van der Waals surface area contributed by atoms with Gasteiger partial charge in [0.25, 0.3) is 0 Å². The molecule has 152 valence electrons. The van der Waals surface area contributed by atoms with Crippen LogP contribution in [0.1, 0.15) is 67.6 Å². The van der Waals surface area contributed by atoms with Crippen LogP contribution in [-0.2, 0) is 13.0 Å². The Bertz CT molecular complexity index is 972. The highest BCUT2D eigenvalue weighted by molar-refractivity contribution is 5.95. The third-order valence-electron chi connectivity index (χ3n) is 4.98. The molecule has 0 radical (unpaired) electrons. The first kappa shape index (κ1) is 20.8. The van der Waals surface area contributed by atoms with Gasteiger partial charge in [0.15, 0.2) is 5.82 Å². The number of aromatic carboxylic acids is 1. The second-order valence-corrected chi connectivity index (χ2v) is 8.17. The van der Waals surface area contributed by atoms with Gasteiger partial charge in [-0.1, -0.05) is 70.2 Å². The zero-order valence-corrected chi connectivity index (χ0v) is 17.6. The van der Waals surface area contributed by atoms with E-state index in [1.165, 1.54) is 0 Å². The van der Waals surface area contributed by atoms with Crippen LogP contribution in [0.2, 0.25) is 0 Å². The van der Waals surface area contributed by atoms with E-state index in [1.54, 1.807) is 12.1 Å². The molecule has 1 N–H and O–H groups in total. The molecule has 0 saturated heterocycles. The number of carboxylic acids is 1. The van der Waals surface area contributed by atoms with E-state index < -0.39 is 5.97 Å². The minimum Gasteiger partial charge on any atom is -0.478 e. The normalized spacial score (nSPS) is 11.4. The number of carboxylic acid groups (broad SMARTS) is 1. The fourth-order valence-electron chi connectivity index (χ4n) is 3.23. The number of aromatic nitrogens is 3. The molecule has 3 aromatic rings. The molecule has 0 aliphatic carbocycles. The van der Waals surface area contributed by atoms with Crippen molar-refractivity contribution in [3.63, 3.8) is 0 Å². The smallest absolute Gasteiger partial charge is 0.336 e. The fourth-order valence-corrected chi connectivity index (χ4v) is 3.23. The van der Waals surface area contributed by atoms with Gasteiger partial charge in [-0.15, -0.1) is 0 Å². The van der Waals surface area contributed by atoms with Crippen LogP contribution in [0.15, 0.2) is 48.5 Å². The van der Waals surface area contributed by atoms with E-state index in [9.17, 15) is 9.90 Å². The van der Waals surface area contributed by atoms with Crippen LogP contribution < -0.4 is 0 Å². The van der Waals surface area contributed by atoms with Crippen molar-refractivity contribution in [3.05, 3.63) is 71.3 Å².